The fourth-order valence-electron chi connectivity index (χ4n) is 2.51. The van der Waals surface area contributed by atoms with Crippen LogP contribution in [0.15, 0.2) is 42.7 Å². The molecule has 1 aliphatic heterocycles. The van der Waals surface area contributed by atoms with E-state index >= 15 is 0 Å². The summed E-state index contributed by atoms with van der Waals surface area (Å²) in [6.45, 7) is 2.50. The van der Waals surface area contributed by atoms with Gasteiger partial charge in [-0.3, -0.25) is 19.9 Å². The van der Waals surface area contributed by atoms with E-state index < -0.39 is 4.92 Å². The molecular weight excluding hydrogens is 298 g/mol. The second-order valence-corrected chi connectivity index (χ2v) is 5.35. The second kappa shape index (κ2) is 6.04. The van der Waals surface area contributed by atoms with E-state index in [0.29, 0.717) is 30.0 Å². The minimum Gasteiger partial charge on any atom is -0.485 e. The summed E-state index contributed by atoms with van der Waals surface area (Å²) in [5.41, 5.74) is 0.706. The number of nitrogens with zero attached hydrogens (tertiary/aromatic N) is 3. The molecule has 7 heteroatoms. The quantitative estimate of drug-likeness (QED) is 0.638. The normalized spacial score (nSPS) is 14.2. The fraction of sp³-hybridized carbons (Fsp3) is 0.250. The summed E-state index contributed by atoms with van der Waals surface area (Å²) >= 11 is 0. The van der Waals surface area contributed by atoms with E-state index in [9.17, 15) is 14.9 Å². The summed E-state index contributed by atoms with van der Waals surface area (Å²) in [6, 6.07) is 8.13. The molecule has 7 nitrogen and oxygen atoms in total. The SMILES string of the molecule is Cc1c(C(=O)N2CC(Oc3cccnc3)C2)cccc1[N+](=O)[O-]. The third-order valence-electron chi connectivity index (χ3n) is 3.80. The van der Waals surface area contributed by atoms with Gasteiger partial charge in [0.25, 0.3) is 11.6 Å². The zero-order valence-electron chi connectivity index (χ0n) is 12.5. The van der Waals surface area contributed by atoms with Crippen molar-refractivity contribution in [3.63, 3.8) is 0 Å². The van der Waals surface area contributed by atoms with Gasteiger partial charge in [0, 0.05) is 23.4 Å². The van der Waals surface area contributed by atoms with Crippen LogP contribution in [0.25, 0.3) is 0 Å². The summed E-state index contributed by atoms with van der Waals surface area (Å²) in [5, 5.41) is 11.0. The predicted molar refractivity (Wildman–Crippen MR) is 82.4 cm³/mol. The van der Waals surface area contributed by atoms with Crippen LogP contribution >= 0.6 is 0 Å². The van der Waals surface area contributed by atoms with Crippen molar-refractivity contribution in [2.24, 2.45) is 0 Å². The number of aromatic nitrogens is 1. The van der Waals surface area contributed by atoms with Crippen molar-refractivity contribution in [3.05, 3.63) is 64.0 Å². The molecular formula is C16H15N3O4. The van der Waals surface area contributed by atoms with E-state index in [-0.39, 0.29) is 17.7 Å². The van der Waals surface area contributed by atoms with Gasteiger partial charge < -0.3 is 9.64 Å². The molecule has 2 aromatic rings. The predicted octanol–water partition coefficient (Wildman–Crippen LogP) is 2.20. The molecule has 1 saturated heterocycles. The maximum absolute atomic E-state index is 12.5. The van der Waals surface area contributed by atoms with E-state index in [2.05, 4.69) is 4.98 Å². The topological polar surface area (TPSA) is 85.6 Å². The summed E-state index contributed by atoms with van der Waals surface area (Å²) < 4.78 is 5.69. The number of benzene rings is 1. The molecule has 1 amide bonds. The minimum atomic E-state index is -0.476. The fourth-order valence-corrected chi connectivity index (χ4v) is 2.51. The van der Waals surface area contributed by atoms with Gasteiger partial charge in [0.2, 0.25) is 0 Å². The number of nitro benzene ring substituents is 1. The Bertz CT molecular complexity index is 742. The lowest BCUT2D eigenvalue weighted by molar-refractivity contribution is -0.385. The Kier molecular flexibility index (Phi) is 3.92. The maximum Gasteiger partial charge on any atom is 0.273 e. The zero-order chi connectivity index (χ0) is 16.4. The molecule has 2 heterocycles. The zero-order valence-corrected chi connectivity index (χ0v) is 12.5. The van der Waals surface area contributed by atoms with E-state index in [1.807, 2.05) is 6.07 Å². The lowest BCUT2D eigenvalue weighted by Crippen LogP contribution is -2.56. The smallest absolute Gasteiger partial charge is 0.273 e. The number of carbonyl (C=O) groups is 1. The summed E-state index contributed by atoms with van der Waals surface area (Å²) in [6.07, 6.45) is 3.20. The van der Waals surface area contributed by atoms with Crippen molar-refractivity contribution >= 4 is 11.6 Å². The van der Waals surface area contributed by atoms with Crippen molar-refractivity contribution in [1.29, 1.82) is 0 Å². The number of hydrogen-bond acceptors (Lipinski definition) is 5. The number of ether oxygens (including phenoxy) is 1. The highest BCUT2D eigenvalue weighted by molar-refractivity contribution is 5.97. The number of carbonyl (C=O) groups excluding carboxylic acids is 1. The van der Waals surface area contributed by atoms with Crippen LogP contribution in [0.3, 0.4) is 0 Å². The second-order valence-electron chi connectivity index (χ2n) is 5.35. The Morgan fingerprint density at radius 3 is 2.78 bits per heavy atom. The molecule has 1 aromatic carbocycles. The van der Waals surface area contributed by atoms with Crippen molar-refractivity contribution < 1.29 is 14.5 Å². The van der Waals surface area contributed by atoms with Crippen LogP contribution in [0.2, 0.25) is 0 Å². The highest BCUT2D eigenvalue weighted by Crippen LogP contribution is 2.25. The van der Waals surface area contributed by atoms with Gasteiger partial charge in [-0.25, -0.2) is 0 Å². The molecule has 1 aliphatic rings. The standard InChI is InChI=1S/C16H15N3O4/c1-11-14(5-2-6-15(11)19(21)22)16(20)18-9-13(10-18)23-12-4-3-7-17-8-12/h2-8,13H,9-10H2,1H3. The van der Waals surface area contributed by atoms with E-state index in [4.69, 9.17) is 4.74 Å². The van der Waals surface area contributed by atoms with Gasteiger partial charge in [-0.2, -0.15) is 0 Å². The molecule has 0 spiro atoms. The molecule has 118 valence electrons. The summed E-state index contributed by atoms with van der Waals surface area (Å²) in [5.74, 6) is 0.452. The third kappa shape index (κ3) is 2.98. The van der Waals surface area contributed by atoms with Gasteiger partial charge in [-0.05, 0) is 25.1 Å². The van der Waals surface area contributed by atoms with Gasteiger partial charge in [-0.15, -0.1) is 0 Å². The minimum absolute atomic E-state index is 0.0421. The first-order valence-corrected chi connectivity index (χ1v) is 7.16. The number of pyridine rings is 1. The van der Waals surface area contributed by atoms with Crippen LogP contribution < -0.4 is 4.74 Å². The van der Waals surface area contributed by atoms with Crippen LogP contribution in [-0.4, -0.2) is 39.9 Å². The highest BCUT2D eigenvalue weighted by Gasteiger charge is 2.34. The molecule has 0 aliphatic carbocycles. The summed E-state index contributed by atoms with van der Waals surface area (Å²) in [4.78, 5) is 28.5. The van der Waals surface area contributed by atoms with Crippen molar-refractivity contribution in [1.82, 2.24) is 9.88 Å². The molecule has 0 N–H and O–H groups in total. The van der Waals surface area contributed by atoms with E-state index in [1.165, 1.54) is 12.1 Å². The average Bonchev–Trinajstić information content (AvgIpc) is 2.51. The monoisotopic (exact) mass is 313 g/mol. The van der Waals surface area contributed by atoms with Crippen molar-refractivity contribution in [2.45, 2.75) is 13.0 Å². The first kappa shape index (κ1) is 15.0. The number of amides is 1. The first-order valence-electron chi connectivity index (χ1n) is 7.16. The Morgan fingerprint density at radius 1 is 1.35 bits per heavy atom. The number of likely N-dealkylation sites (tertiary alicyclic amines) is 1. The van der Waals surface area contributed by atoms with Crippen molar-refractivity contribution in [2.75, 3.05) is 13.1 Å². The molecule has 1 fully saturated rings. The Morgan fingerprint density at radius 2 is 2.13 bits per heavy atom. The van der Waals surface area contributed by atoms with Crippen LogP contribution in [-0.2, 0) is 0 Å². The number of rotatable bonds is 4. The van der Waals surface area contributed by atoms with Gasteiger partial charge in [-0.1, -0.05) is 6.07 Å². The number of nitro groups is 1. The lowest BCUT2D eigenvalue weighted by Gasteiger charge is -2.39. The van der Waals surface area contributed by atoms with E-state index in [0.717, 1.165) is 0 Å². The molecule has 0 bridgehead atoms. The summed E-state index contributed by atoms with van der Waals surface area (Å²) in [7, 11) is 0. The van der Waals surface area contributed by atoms with Gasteiger partial charge in [0.05, 0.1) is 24.2 Å². The highest BCUT2D eigenvalue weighted by atomic mass is 16.6. The lowest BCUT2D eigenvalue weighted by atomic mass is 10.0. The Labute approximate surface area is 132 Å². The maximum atomic E-state index is 12.5. The Hall–Kier alpha value is -2.96. The average molecular weight is 313 g/mol. The molecule has 1 aromatic heterocycles. The van der Waals surface area contributed by atoms with E-state index in [1.54, 1.807) is 36.4 Å². The van der Waals surface area contributed by atoms with Gasteiger partial charge in [0.15, 0.2) is 0 Å². The first-order chi connectivity index (χ1) is 11.1. The van der Waals surface area contributed by atoms with Crippen molar-refractivity contribution in [3.8, 4) is 5.75 Å². The Balaban J connectivity index is 1.65. The molecule has 0 radical (unpaired) electrons. The molecule has 0 unspecified atom stereocenters. The van der Waals surface area contributed by atoms with Crippen LogP contribution in [0, 0.1) is 17.0 Å². The molecule has 23 heavy (non-hydrogen) atoms. The van der Waals surface area contributed by atoms with Crippen LogP contribution in [0.4, 0.5) is 5.69 Å². The van der Waals surface area contributed by atoms with Gasteiger partial charge >= 0.3 is 0 Å². The molecule has 0 atom stereocenters. The number of hydrogen-bond donors (Lipinski definition) is 0. The molecule has 0 saturated carbocycles. The molecule has 3 rings (SSSR count). The van der Waals surface area contributed by atoms with Gasteiger partial charge in [0.1, 0.15) is 11.9 Å². The van der Waals surface area contributed by atoms with Crippen LogP contribution in [0.5, 0.6) is 5.75 Å². The third-order valence-corrected chi connectivity index (χ3v) is 3.80. The largest absolute Gasteiger partial charge is 0.485 e. The van der Waals surface area contributed by atoms with Crippen LogP contribution in [0.1, 0.15) is 15.9 Å².